The summed E-state index contributed by atoms with van der Waals surface area (Å²) >= 11 is 0. The Kier molecular flexibility index (Phi) is 10.8. The summed E-state index contributed by atoms with van der Waals surface area (Å²) in [6.07, 6.45) is 1.57. The number of likely N-dealkylation sites (tertiary alicyclic amines) is 1. The van der Waals surface area contributed by atoms with Gasteiger partial charge in [0.2, 0.25) is 5.91 Å². The Morgan fingerprint density at radius 3 is 2.49 bits per heavy atom. The minimum Gasteiger partial charge on any atom is -0.467 e. The molecule has 1 fully saturated rings. The Morgan fingerprint density at radius 2 is 1.83 bits per heavy atom. The number of nitrogens with one attached hydrogen (secondary N) is 2. The third-order valence-electron chi connectivity index (χ3n) is 5.39. The quantitative estimate of drug-likeness (QED) is 0.293. The van der Waals surface area contributed by atoms with Gasteiger partial charge in [-0.2, -0.15) is 0 Å². The Bertz CT molecular complexity index is 854. The molecule has 0 aliphatic carbocycles. The molecule has 10 heteroatoms. The maximum absolute atomic E-state index is 12.9. The standard InChI is InChI=1S/C25H37N3O7/c1-25(2,3)35-24(32)28-16-10-14-20(28)21(29)27-19(22(30)33-4)13-8-9-15-26-23(31)34-17-18-11-6-5-7-12-18/h5-7,11-12,19-20H,8-10,13-17H2,1-4H3,(H,26,31)(H,27,29)/t19?,20-/m0/s1. The lowest BCUT2D eigenvalue weighted by Crippen LogP contribution is -2.51. The predicted octanol–water partition coefficient (Wildman–Crippen LogP) is 3.14. The van der Waals surface area contributed by atoms with E-state index in [1.807, 2.05) is 30.3 Å². The Hall–Kier alpha value is -3.30. The summed E-state index contributed by atoms with van der Waals surface area (Å²) in [5.74, 6) is -0.971. The molecule has 3 amide bonds. The monoisotopic (exact) mass is 491 g/mol. The summed E-state index contributed by atoms with van der Waals surface area (Å²) in [7, 11) is 1.26. The highest BCUT2D eigenvalue weighted by atomic mass is 16.6. The first kappa shape index (κ1) is 27.9. The fraction of sp³-hybridized carbons (Fsp3) is 0.600. The highest BCUT2D eigenvalue weighted by Gasteiger charge is 2.38. The SMILES string of the molecule is COC(=O)C(CCCCNC(=O)OCc1ccccc1)NC(=O)[C@@H]1CCCN1C(=O)OC(C)(C)C. The van der Waals surface area contributed by atoms with Gasteiger partial charge in [0, 0.05) is 13.1 Å². The van der Waals surface area contributed by atoms with Crippen LogP contribution in [0.1, 0.15) is 58.4 Å². The number of nitrogens with zero attached hydrogens (tertiary/aromatic N) is 1. The van der Waals surface area contributed by atoms with E-state index in [0.29, 0.717) is 45.2 Å². The van der Waals surface area contributed by atoms with E-state index in [9.17, 15) is 19.2 Å². The number of ether oxygens (including phenoxy) is 3. The number of hydrogen-bond acceptors (Lipinski definition) is 7. The van der Waals surface area contributed by atoms with Crippen molar-refractivity contribution in [2.75, 3.05) is 20.2 Å². The van der Waals surface area contributed by atoms with Crippen molar-refractivity contribution in [1.82, 2.24) is 15.5 Å². The van der Waals surface area contributed by atoms with Crippen molar-refractivity contribution in [3.05, 3.63) is 35.9 Å². The van der Waals surface area contributed by atoms with E-state index in [2.05, 4.69) is 10.6 Å². The van der Waals surface area contributed by atoms with Crippen LogP contribution in [-0.2, 0) is 30.4 Å². The van der Waals surface area contributed by atoms with Crippen LogP contribution in [0.3, 0.4) is 0 Å². The van der Waals surface area contributed by atoms with Crippen LogP contribution in [0, 0.1) is 0 Å². The summed E-state index contributed by atoms with van der Waals surface area (Å²) in [4.78, 5) is 50.8. The molecular weight excluding hydrogens is 454 g/mol. The van der Waals surface area contributed by atoms with E-state index in [1.165, 1.54) is 12.0 Å². The van der Waals surface area contributed by atoms with Crippen LogP contribution < -0.4 is 10.6 Å². The van der Waals surface area contributed by atoms with E-state index in [1.54, 1.807) is 20.8 Å². The normalized spacial score (nSPS) is 16.2. The first-order valence-corrected chi connectivity index (χ1v) is 11.9. The molecule has 1 saturated heterocycles. The number of amides is 3. The predicted molar refractivity (Wildman–Crippen MR) is 128 cm³/mol. The van der Waals surface area contributed by atoms with Gasteiger partial charge in [0.1, 0.15) is 24.3 Å². The molecule has 1 aromatic carbocycles. The maximum atomic E-state index is 12.9. The average Bonchev–Trinajstić information content (AvgIpc) is 3.31. The molecule has 1 unspecified atom stereocenters. The van der Waals surface area contributed by atoms with Crippen molar-refractivity contribution in [2.45, 2.75) is 77.2 Å². The van der Waals surface area contributed by atoms with Gasteiger partial charge in [-0.1, -0.05) is 30.3 Å². The molecule has 1 aliphatic heterocycles. The lowest BCUT2D eigenvalue weighted by Gasteiger charge is -2.28. The third kappa shape index (κ3) is 9.84. The number of hydrogen-bond donors (Lipinski definition) is 2. The largest absolute Gasteiger partial charge is 0.467 e. The van der Waals surface area contributed by atoms with Crippen molar-refractivity contribution < 1.29 is 33.4 Å². The molecule has 35 heavy (non-hydrogen) atoms. The summed E-state index contributed by atoms with van der Waals surface area (Å²) in [5.41, 5.74) is 0.226. The maximum Gasteiger partial charge on any atom is 0.410 e. The molecule has 1 aliphatic rings. The molecule has 2 atom stereocenters. The van der Waals surface area contributed by atoms with Crippen LogP contribution in [0.5, 0.6) is 0 Å². The number of esters is 1. The highest BCUT2D eigenvalue weighted by molar-refractivity contribution is 5.90. The zero-order valence-corrected chi connectivity index (χ0v) is 21.0. The van der Waals surface area contributed by atoms with E-state index >= 15 is 0 Å². The van der Waals surface area contributed by atoms with Gasteiger partial charge in [-0.05, 0) is 58.4 Å². The molecule has 194 valence electrons. The molecule has 1 aromatic rings. The number of alkyl carbamates (subject to hydrolysis) is 1. The molecule has 1 heterocycles. The summed E-state index contributed by atoms with van der Waals surface area (Å²) in [6.45, 7) is 6.26. The van der Waals surface area contributed by atoms with Crippen LogP contribution in [0.25, 0.3) is 0 Å². The number of unbranched alkanes of at least 4 members (excludes halogenated alkanes) is 1. The molecular formula is C25H37N3O7. The van der Waals surface area contributed by atoms with Gasteiger partial charge in [-0.3, -0.25) is 9.69 Å². The van der Waals surface area contributed by atoms with E-state index < -0.39 is 41.7 Å². The van der Waals surface area contributed by atoms with Gasteiger partial charge < -0.3 is 24.8 Å². The number of methoxy groups -OCH3 is 1. The van der Waals surface area contributed by atoms with Crippen molar-refractivity contribution in [2.24, 2.45) is 0 Å². The van der Waals surface area contributed by atoms with E-state index in [-0.39, 0.29) is 6.61 Å². The topological polar surface area (TPSA) is 123 Å². The van der Waals surface area contributed by atoms with Crippen LogP contribution in [-0.4, -0.2) is 66.8 Å². The lowest BCUT2D eigenvalue weighted by atomic mass is 10.1. The molecule has 0 spiro atoms. The zero-order chi connectivity index (χ0) is 25.8. The van der Waals surface area contributed by atoms with Gasteiger partial charge in [-0.25, -0.2) is 14.4 Å². The molecule has 0 bridgehead atoms. The van der Waals surface area contributed by atoms with Crippen molar-refractivity contribution in [1.29, 1.82) is 0 Å². The van der Waals surface area contributed by atoms with Gasteiger partial charge in [0.05, 0.1) is 7.11 Å². The molecule has 0 saturated carbocycles. The molecule has 0 radical (unpaired) electrons. The van der Waals surface area contributed by atoms with Crippen LogP contribution >= 0.6 is 0 Å². The minimum absolute atomic E-state index is 0.185. The fourth-order valence-electron chi connectivity index (χ4n) is 3.68. The van der Waals surface area contributed by atoms with Crippen molar-refractivity contribution >= 4 is 24.1 Å². The number of carbonyl (C=O) groups excluding carboxylic acids is 4. The Balaban J connectivity index is 1.76. The van der Waals surface area contributed by atoms with Crippen molar-refractivity contribution in [3.63, 3.8) is 0 Å². The van der Waals surface area contributed by atoms with Crippen molar-refractivity contribution in [3.8, 4) is 0 Å². The van der Waals surface area contributed by atoms with E-state index in [0.717, 1.165) is 5.56 Å². The Morgan fingerprint density at radius 1 is 1.11 bits per heavy atom. The number of benzene rings is 1. The van der Waals surface area contributed by atoms with Crippen LogP contribution in [0.2, 0.25) is 0 Å². The number of carbonyl (C=O) groups is 4. The van der Waals surface area contributed by atoms with E-state index in [4.69, 9.17) is 14.2 Å². The molecule has 0 aromatic heterocycles. The molecule has 2 rings (SSSR count). The summed E-state index contributed by atoms with van der Waals surface area (Å²) in [5, 5.41) is 5.39. The summed E-state index contributed by atoms with van der Waals surface area (Å²) in [6, 6.07) is 7.82. The van der Waals surface area contributed by atoms with Gasteiger partial charge in [0.15, 0.2) is 0 Å². The second-order valence-corrected chi connectivity index (χ2v) is 9.40. The average molecular weight is 492 g/mol. The number of rotatable bonds is 10. The lowest BCUT2D eigenvalue weighted by molar-refractivity contribution is -0.145. The first-order chi connectivity index (χ1) is 16.6. The highest BCUT2D eigenvalue weighted by Crippen LogP contribution is 2.21. The van der Waals surface area contributed by atoms with Gasteiger partial charge >= 0.3 is 18.2 Å². The fourth-order valence-corrected chi connectivity index (χ4v) is 3.68. The van der Waals surface area contributed by atoms with Crippen LogP contribution in [0.15, 0.2) is 30.3 Å². The minimum atomic E-state index is -0.849. The second kappa shape index (κ2) is 13.6. The van der Waals surface area contributed by atoms with Gasteiger partial charge in [0.25, 0.3) is 0 Å². The molecule has 10 nitrogen and oxygen atoms in total. The zero-order valence-electron chi connectivity index (χ0n) is 21.0. The van der Waals surface area contributed by atoms with Crippen LogP contribution in [0.4, 0.5) is 9.59 Å². The first-order valence-electron chi connectivity index (χ1n) is 11.9. The second-order valence-electron chi connectivity index (χ2n) is 9.40. The Labute approximate surface area is 206 Å². The molecule has 2 N–H and O–H groups in total. The van der Waals surface area contributed by atoms with Gasteiger partial charge in [-0.15, -0.1) is 0 Å². The smallest absolute Gasteiger partial charge is 0.410 e. The third-order valence-corrected chi connectivity index (χ3v) is 5.39. The summed E-state index contributed by atoms with van der Waals surface area (Å²) < 4.78 is 15.4.